The Morgan fingerprint density at radius 3 is 2.58 bits per heavy atom. The van der Waals surface area contributed by atoms with Crippen molar-refractivity contribution >= 4 is 23.8 Å². The molecule has 2 aromatic rings. The van der Waals surface area contributed by atoms with Gasteiger partial charge in [0.2, 0.25) is 11.8 Å². The van der Waals surface area contributed by atoms with Crippen LogP contribution in [-0.4, -0.2) is 40.7 Å². The van der Waals surface area contributed by atoms with Crippen LogP contribution in [0.25, 0.3) is 6.08 Å². The van der Waals surface area contributed by atoms with Gasteiger partial charge in [-0.25, -0.2) is 9.78 Å². The summed E-state index contributed by atoms with van der Waals surface area (Å²) in [6.45, 7) is 4.49. The quantitative estimate of drug-likeness (QED) is 0.753. The first kappa shape index (κ1) is 22.2. The van der Waals surface area contributed by atoms with Gasteiger partial charge in [-0.05, 0) is 49.9 Å². The maximum absolute atomic E-state index is 12.2. The smallest absolute Gasteiger partial charge is 0.324 e. The molecule has 0 unspecified atom stereocenters. The molecule has 0 aliphatic carbocycles. The highest BCUT2D eigenvalue weighted by Crippen LogP contribution is 2.24. The van der Waals surface area contributed by atoms with Crippen LogP contribution in [0.4, 0.5) is 4.79 Å². The number of carbonyl (C=O) groups excluding carboxylic acids is 3. The van der Waals surface area contributed by atoms with Crippen molar-refractivity contribution in [2.75, 3.05) is 13.1 Å². The van der Waals surface area contributed by atoms with Crippen LogP contribution in [0.2, 0.25) is 0 Å². The molecule has 2 heterocycles. The van der Waals surface area contributed by atoms with Crippen molar-refractivity contribution in [2.24, 2.45) is 0 Å². The number of pyridine rings is 1. The minimum atomic E-state index is -0.415. The number of benzene rings is 1. The van der Waals surface area contributed by atoms with E-state index < -0.39 is 11.9 Å². The summed E-state index contributed by atoms with van der Waals surface area (Å²) in [6.07, 6.45) is 5.54. The zero-order chi connectivity index (χ0) is 22.2. The standard InChI is InChI=1S/C24H27N3O4/c1-17-6-9-23(25-16-17)31-21-5-3-4-20(15-21)14-19-10-12-27(13-11-19)24(30)26-22(29)8-7-18(2)28/h3-6,9,14-16H,7-8,10-13H2,1-2H3,(H,26,29,30). The van der Waals surface area contributed by atoms with Crippen molar-refractivity contribution in [3.63, 3.8) is 0 Å². The summed E-state index contributed by atoms with van der Waals surface area (Å²) in [7, 11) is 0. The van der Waals surface area contributed by atoms with Crippen LogP contribution in [0, 0.1) is 6.92 Å². The number of hydrogen-bond donors (Lipinski definition) is 1. The molecular formula is C24H27N3O4. The lowest BCUT2D eigenvalue weighted by molar-refractivity contribution is -0.124. The number of amides is 3. The van der Waals surface area contributed by atoms with Crippen LogP contribution in [-0.2, 0) is 9.59 Å². The third-order valence-corrected chi connectivity index (χ3v) is 4.98. The van der Waals surface area contributed by atoms with Crippen LogP contribution in [0.1, 0.15) is 43.7 Å². The van der Waals surface area contributed by atoms with E-state index in [0.29, 0.717) is 24.7 Å². The lowest BCUT2D eigenvalue weighted by atomic mass is 10.0. The number of ketones is 1. The van der Waals surface area contributed by atoms with Gasteiger partial charge >= 0.3 is 6.03 Å². The SMILES string of the molecule is CC(=O)CCC(=O)NC(=O)N1CCC(=Cc2cccc(Oc3ccc(C)cn3)c2)CC1. The van der Waals surface area contributed by atoms with Crippen molar-refractivity contribution in [1.82, 2.24) is 15.2 Å². The second kappa shape index (κ2) is 10.5. The van der Waals surface area contributed by atoms with Gasteiger partial charge in [0, 0.05) is 38.2 Å². The molecule has 0 radical (unpaired) electrons. The molecule has 162 valence electrons. The topological polar surface area (TPSA) is 88.6 Å². The summed E-state index contributed by atoms with van der Waals surface area (Å²) in [5.74, 6) is 0.778. The lowest BCUT2D eigenvalue weighted by Crippen LogP contribution is -2.45. The number of aromatic nitrogens is 1. The first-order valence-corrected chi connectivity index (χ1v) is 10.4. The number of Topliss-reactive ketones (excluding diaryl/α,β-unsaturated/α-hetero) is 1. The van der Waals surface area contributed by atoms with Crippen molar-refractivity contribution < 1.29 is 19.1 Å². The average molecular weight is 421 g/mol. The summed E-state index contributed by atoms with van der Waals surface area (Å²) in [6, 6.07) is 11.2. The molecule has 0 saturated carbocycles. The second-order valence-electron chi connectivity index (χ2n) is 7.69. The van der Waals surface area contributed by atoms with E-state index in [1.54, 1.807) is 11.1 Å². The number of imide groups is 1. The molecule has 7 nitrogen and oxygen atoms in total. The number of nitrogens with one attached hydrogen (secondary N) is 1. The largest absolute Gasteiger partial charge is 0.439 e. The van der Waals surface area contributed by atoms with Crippen molar-refractivity contribution in [2.45, 2.75) is 39.5 Å². The van der Waals surface area contributed by atoms with Gasteiger partial charge in [-0.1, -0.05) is 29.8 Å². The summed E-state index contributed by atoms with van der Waals surface area (Å²) in [5.41, 5.74) is 3.33. The zero-order valence-electron chi connectivity index (χ0n) is 17.9. The zero-order valence-corrected chi connectivity index (χ0v) is 17.9. The van der Waals surface area contributed by atoms with Crippen LogP contribution >= 0.6 is 0 Å². The fourth-order valence-corrected chi connectivity index (χ4v) is 3.23. The Morgan fingerprint density at radius 1 is 1.13 bits per heavy atom. The van der Waals surface area contributed by atoms with Gasteiger partial charge in [-0.3, -0.25) is 10.1 Å². The molecule has 0 spiro atoms. The fourth-order valence-electron chi connectivity index (χ4n) is 3.23. The molecule has 7 heteroatoms. The summed E-state index contributed by atoms with van der Waals surface area (Å²) < 4.78 is 5.83. The second-order valence-corrected chi connectivity index (χ2v) is 7.69. The van der Waals surface area contributed by atoms with Gasteiger partial charge < -0.3 is 14.4 Å². The van der Waals surface area contributed by atoms with Gasteiger partial charge in [0.05, 0.1) is 0 Å². The maximum atomic E-state index is 12.2. The van der Waals surface area contributed by atoms with E-state index in [-0.39, 0.29) is 18.6 Å². The molecule has 1 aromatic carbocycles. The summed E-state index contributed by atoms with van der Waals surface area (Å²) in [4.78, 5) is 40.8. The number of urea groups is 1. The highest BCUT2D eigenvalue weighted by Gasteiger charge is 2.20. The third kappa shape index (κ3) is 7.06. The molecule has 0 bridgehead atoms. The molecule has 31 heavy (non-hydrogen) atoms. The average Bonchev–Trinajstić information content (AvgIpc) is 2.75. The molecule has 1 saturated heterocycles. The Labute approximate surface area is 182 Å². The Bertz CT molecular complexity index is 973. The van der Waals surface area contributed by atoms with E-state index in [9.17, 15) is 14.4 Å². The molecule has 1 aliphatic heterocycles. The number of hydrogen-bond acceptors (Lipinski definition) is 5. The molecule has 1 aromatic heterocycles. The van der Waals surface area contributed by atoms with E-state index in [0.717, 1.165) is 24.0 Å². The molecule has 1 aliphatic rings. The van der Waals surface area contributed by atoms with Crippen molar-refractivity contribution in [3.05, 3.63) is 59.3 Å². The van der Waals surface area contributed by atoms with Gasteiger partial charge in [0.15, 0.2) is 0 Å². The van der Waals surface area contributed by atoms with Crippen LogP contribution in [0.5, 0.6) is 11.6 Å². The lowest BCUT2D eigenvalue weighted by Gasteiger charge is -2.28. The Hall–Kier alpha value is -3.48. The van der Waals surface area contributed by atoms with E-state index in [1.807, 2.05) is 43.3 Å². The van der Waals surface area contributed by atoms with Crippen LogP contribution in [0.3, 0.4) is 0 Å². The van der Waals surface area contributed by atoms with Gasteiger partial charge in [0.25, 0.3) is 0 Å². The number of aryl methyl sites for hydroxylation is 1. The first-order valence-electron chi connectivity index (χ1n) is 10.4. The Kier molecular flexibility index (Phi) is 7.54. The summed E-state index contributed by atoms with van der Waals surface area (Å²) >= 11 is 0. The predicted molar refractivity (Wildman–Crippen MR) is 118 cm³/mol. The van der Waals surface area contributed by atoms with E-state index >= 15 is 0 Å². The van der Waals surface area contributed by atoms with Gasteiger partial charge in [0.1, 0.15) is 11.5 Å². The number of rotatable bonds is 6. The van der Waals surface area contributed by atoms with Gasteiger partial charge in [-0.2, -0.15) is 0 Å². The molecule has 1 fully saturated rings. The third-order valence-electron chi connectivity index (χ3n) is 4.98. The number of nitrogens with zero attached hydrogens (tertiary/aromatic N) is 2. The monoisotopic (exact) mass is 421 g/mol. The maximum Gasteiger partial charge on any atom is 0.324 e. The minimum Gasteiger partial charge on any atom is -0.439 e. The van der Waals surface area contributed by atoms with E-state index in [1.165, 1.54) is 12.5 Å². The van der Waals surface area contributed by atoms with Crippen LogP contribution < -0.4 is 10.1 Å². The highest BCUT2D eigenvalue weighted by atomic mass is 16.5. The number of likely N-dealkylation sites (tertiary alicyclic amines) is 1. The molecule has 3 rings (SSSR count). The Balaban J connectivity index is 1.53. The Morgan fingerprint density at radius 2 is 1.90 bits per heavy atom. The fraction of sp³-hybridized carbons (Fsp3) is 0.333. The molecule has 0 atom stereocenters. The van der Waals surface area contributed by atoms with Gasteiger partial charge in [-0.15, -0.1) is 0 Å². The molecule has 1 N–H and O–H groups in total. The minimum absolute atomic E-state index is 0.0383. The van der Waals surface area contributed by atoms with E-state index in [4.69, 9.17) is 4.74 Å². The highest BCUT2D eigenvalue weighted by molar-refractivity contribution is 5.95. The first-order chi connectivity index (χ1) is 14.9. The van der Waals surface area contributed by atoms with E-state index in [2.05, 4.69) is 16.4 Å². The number of ether oxygens (including phenoxy) is 1. The molecular weight excluding hydrogens is 394 g/mol. The van der Waals surface area contributed by atoms with Crippen molar-refractivity contribution in [3.8, 4) is 11.6 Å². The summed E-state index contributed by atoms with van der Waals surface area (Å²) in [5, 5.41) is 2.36. The predicted octanol–water partition coefficient (Wildman–Crippen LogP) is 4.27. The number of piperidine rings is 1. The number of carbonyl (C=O) groups is 3. The normalized spacial score (nSPS) is 13.5. The molecule has 3 amide bonds. The van der Waals surface area contributed by atoms with Crippen molar-refractivity contribution in [1.29, 1.82) is 0 Å². The van der Waals surface area contributed by atoms with Crippen LogP contribution in [0.15, 0.2) is 48.2 Å².